The number of pyridine rings is 1. The van der Waals surface area contributed by atoms with Crippen LogP contribution in [0.4, 0.5) is 14.5 Å². The van der Waals surface area contributed by atoms with E-state index in [-0.39, 0.29) is 17.2 Å². The fourth-order valence-corrected chi connectivity index (χ4v) is 3.32. The third-order valence-electron chi connectivity index (χ3n) is 3.69. The van der Waals surface area contributed by atoms with E-state index >= 15 is 0 Å². The van der Waals surface area contributed by atoms with Gasteiger partial charge in [0.2, 0.25) is 0 Å². The molecule has 2 heterocycles. The van der Waals surface area contributed by atoms with Crippen molar-refractivity contribution in [3.63, 3.8) is 0 Å². The van der Waals surface area contributed by atoms with Crippen LogP contribution in [0.15, 0.2) is 52.1 Å². The normalized spacial score (nSPS) is 10.8. The number of aromatic nitrogens is 2. The predicted octanol–water partition coefficient (Wildman–Crippen LogP) is 4.53. The largest absolute Gasteiger partial charge is 0.493 e. The molecule has 0 unspecified atom stereocenters. The highest BCUT2D eigenvalue weighted by atomic mass is 32.2. The Bertz CT molecular complexity index is 997. The molecule has 1 N–H and O–H groups in total. The molecule has 1 amide bonds. The van der Waals surface area contributed by atoms with Crippen molar-refractivity contribution in [3.05, 3.63) is 59.6 Å². The summed E-state index contributed by atoms with van der Waals surface area (Å²) in [6.07, 6.45) is 1.58. The van der Waals surface area contributed by atoms with Gasteiger partial charge in [-0.3, -0.25) is 4.79 Å². The van der Waals surface area contributed by atoms with E-state index in [2.05, 4.69) is 20.2 Å². The quantitative estimate of drug-likeness (QED) is 0.535. The molecule has 0 saturated heterocycles. The minimum atomic E-state index is -3.02. The molecule has 1 aromatic carbocycles. The van der Waals surface area contributed by atoms with Crippen molar-refractivity contribution >= 4 is 23.4 Å². The number of carbonyl (C=O) groups excluding carboxylic acids is 1. The third kappa shape index (κ3) is 5.44. The molecule has 29 heavy (non-hydrogen) atoms. The lowest BCUT2D eigenvalue weighted by Crippen LogP contribution is -2.14. The van der Waals surface area contributed by atoms with Crippen LogP contribution in [0.3, 0.4) is 0 Å². The highest BCUT2D eigenvalue weighted by molar-refractivity contribution is 7.98. The predicted molar refractivity (Wildman–Crippen MR) is 103 cm³/mol. The summed E-state index contributed by atoms with van der Waals surface area (Å²) in [6, 6.07) is 9.29. The van der Waals surface area contributed by atoms with Crippen LogP contribution in [-0.2, 0) is 5.75 Å². The van der Waals surface area contributed by atoms with Gasteiger partial charge in [-0.25, -0.2) is 4.98 Å². The lowest BCUT2D eigenvalue weighted by molar-refractivity contribution is -0.0511. The van der Waals surface area contributed by atoms with Gasteiger partial charge in [-0.05, 0) is 31.2 Å². The Hall–Kier alpha value is -3.14. The van der Waals surface area contributed by atoms with E-state index in [9.17, 15) is 13.6 Å². The summed E-state index contributed by atoms with van der Waals surface area (Å²) in [5.41, 5.74) is 1.34. The van der Waals surface area contributed by atoms with E-state index in [4.69, 9.17) is 9.26 Å². The first-order valence-electron chi connectivity index (χ1n) is 8.40. The maximum absolute atomic E-state index is 12.7. The number of hydrogen-bond donors (Lipinski definition) is 1. The van der Waals surface area contributed by atoms with E-state index in [0.717, 1.165) is 5.69 Å². The van der Waals surface area contributed by atoms with Gasteiger partial charge in [0.1, 0.15) is 10.8 Å². The van der Waals surface area contributed by atoms with Crippen LogP contribution in [0.2, 0.25) is 0 Å². The molecular formula is C19H17F2N3O4S. The van der Waals surface area contributed by atoms with Gasteiger partial charge >= 0.3 is 6.61 Å². The molecule has 0 spiro atoms. The third-order valence-corrected chi connectivity index (χ3v) is 4.73. The minimum Gasteiger partial charge on any atom is -0.493 e. The van der Waals surface area contributed by atoms with Crippen molar-refractivity contribution in [3.8, 4) is 11.5 Å². The van der Waals surface area contributed by atoms with Crippen LogP contribution in [0.5, 0.6) is 11.5 Å². The van der Waals surface area contributed by atoms with E-state index in [1.807, 2.05) is 0 Å². The fourth-order valence-electron chi connectivity index (χ4n) is 2.45. The van der Waals surface area contributed by atoms with Crippen molar-refractivity contribution in [1.82, 2.24) is 10.1 Å². The molecule has 0 aliphatic rings. The van der Waals surface area contributed by atoms with E-state index in [1.165, 1.54) is 37.1 Å². The molecule has 0 aliphatic carbocycles. The summed E-state index contributed by atoms with van der Waals surface area (Å²) in [4.78, 5) is 17.0. The monoisotopic (exact) mass is 421 g/mol. The van der Waals surface area contributed by atoms with E-state index in [0.29, 0.717) is 22.1 Å². The average Bonchev–Trinajstić information content (AvgIpc) is 3.11. The second-order valence-electron chi connectivity index (χ2n) is 5.77. The molecule has 0 aliphatic heterocycles. The topological polar surface area (TPSA) is 86.5 Å². The number of halogens is 2. The number of aryl methyl sites for hydroxylation is 1. The first-order valence-corrected chi connectivity index (χ1v) is 9.39. The van der Waals surface area contributed by atoms with Crippen molar-refractivity contribution in [2.45, 2.75) is 24.3 Å². The number of alkyl halides is 2. The van der Waals surface area contributed by atoms with Gasteiger partial charge in [0.25, 0.3) is 5.91 Å². The standard InChI is InChI=1S/C19H17F2N3O4S/c1-11-8-13(24-28-11)10-29-18-14(4-3-7-22-18)17(25)23-12-5-6-15(26-2)16(9-12)27-19(20)21/h3-9,19H,10H2,1-2H3,(H,23,25). The number of nitrogens with zero attached hydrogens (tertiary/aromatic N) is 2. The highest BCUT2D eigenvalue weighted by Crippen LogP contribution is 2.32. The van der Waals surface area contributed by atoms with Crippen molar-refractivity contribution in [2.75, 3.05) is 12.4 Å². The number of methoxy groups -OCH3 is 1. The van der Waals surface area contributed by atoms with Crippen LogP contribution in [0, 0.1) is 6.92 Å². The van der Waals surface area contributed by atoms with Gasteiger partial charge < -0.3 is 19.3 Å². The minimum absolute atomic E-state index is 0.129. The summed E-state index contributed by atoms with van der Waals surface area (Å²) in [5, 5.41) is 7.07. The van der Waals surface area contributed by atoms with Crippen molar-refractivity contribution in [2.24, 2.45) is 0 Å². The Kier molecular flexibility index (Phi) is 6.65. The van der Waals surface area contributed by atoms with Crippen molar-refractivity contribution in [1.29, 1.82) is 0 Å². The Morgan fingerprint density at radius 1 is 1.28 bits per heavy atom. The first kappa shape index (κ1) is 20.6. The van der Waals surface area contributed by atoms with Gasteiger partial charge in [-0.15, -0.1) is 0 Å². The van der Waals surface area contributed by atoms with Gasteiger partial charge in [-0.2, -0.15) is 8.78 Å². The van der Waals surface area contributed by atoms with Crippen LogP contribution < -0.4 is 14.8 Å². The number of thioether (sulfide) groups is 1. The number of rotatable bonds is 8. The highest BCUT2D eigenvalue weighted by Gasteiger charge is 2.16. The number of hydrogen-bond acceptors (Lipinski definition) is 7. The maximum Gasteiger partial charge on any atom is 0.387 e. The molecule has 3 rings (SSSR count). The van der Waals surface area contributed by atoms with Gasteiger partial charge in [0.15, 0.2) is 11.5 Å². The molecule has 10 heteroatoms. The molecule has 0 bridgehead atoms. The Labute approximate surface area is 169 Å². The second kappa shape index (κ2) is 9.37. The van der Waals surface area contributed by atoms with Crippen LogP contribution >= 0.6 is 11.8 Å². The van der Waals surface area contributed by atoms with Gasteiger partial charge in [0.05, 0.1) is 18.4 Å². The van der Waals surface area contributed by atoms with E-state index < -0.39 is 12.5 Å². The van der Waals surface area contributed by atoms with Gasteiger partial charge in [0, 0.05) is 29.8 Å². The Morgan fingerprint density at radius 3 is 2.79 bits per heavy atom. The number of anilines is 1. The molecule has 0 saturated carbocycles. The number of carbonyl (C=O) groups is 1. The summed E-state index contributed by atoms with van der Waals surface area (Å²) in [5.74, 6) is 0.682. The van der Waals surface area contributed by atoms with Crippen molar-refractivity contribution < 1.29 is 27.6 Å². The summed E-state index contributed by atoms with van der Waals surface area (Å²) >= 11 is 1.33. The lowest BCUT2D eigenvalue weighted by atomic mass is 10.2. The second-order valence-corrected chi connectivity index (χ2v) is 6.74. The average molecular weight is 421 g/mol. The van der Waals surface area contributed by atoms with Crippen LogP contribution in [0.25, 0.3) is 0 Å². The molecule has 0 radical (unpaired) electrons. The molecule has 2 aromatic heterocycles. The Morgan fingerprint density at radius 2 is 2.10 bits per heavy atom. The lowest BCUT2D eigenvalue weighted by Gasteiger charge is -2.13. The van der Waals surface area contributed by atoms with Gasteiger partial charge in [-0.1, -0.05) is 16.9 Å². The van der Waals surface area contributed by atoms with Crippen LogP contribution in [-0.4, -0.2) is 29.8 Å². The zero-order valence-corrected chi connectivity index (χ0v) is 16.3. The maximum atomic E-state index is 12.7. The summed E-state index contributed by atoms with van der Waals surface area (Å²) < 4.78 is 39.6. The molecule has 3 aromatic rings. The Balaban J connectivity index is 1.75. The SMILES string of the molecule is COc1ccc(NC(=O)c2cccnc2SCc2cc(C)on2)cc1OC(F)F. The number of benzene rings is 1. The fraction of sp³-hybridized carbons (Fsp3) is 0.211. The molecule has 152 valence electrons. The zero-order chi connectivity index (χ0) is 20.8. The smallest absolute Gasteiger partial charge is 0.387 e. The summed E-state index contributed by atoms with van der Waals surface area (Å²) in [7, 11) is 1.33. The number of nitrogens with one attached hydrogen (secondary N) is 1. The van der Waals surface area contributed by atoms with Crippen LogP contribution in [0.1, 0.15) is 21.8 Å². The summed E-state index contributed by atoms with van der Waals surface area (Å²) in [6.45, 7) is -1.22. The zero-order valence-electron chi connectivity index (χ0n) is 15.5. The van der Waals surface area contributed by atoms with E-state index in [1.54, 1.807) is 31.3 Å². The molecule has 0 fully saturated rings. The molecule has 0 atom stereocenters. The molecular weight excluding hydrogens is 404 g/mol. The number of ether oxygens (including phenoxy) is 2. The number of amides is 1. The molecule has 7 nitrogen and oxygen atoms in total. The first-order chi connectivity index (χ1) is 14.0.